The molecule has 148 valence electrons. The second-order valence-corrected chi connectivity index (χ2v) is 7.75. The normalized spacial score (nSPS) is 25.8. The molecule has 7 nitrogen and oxygen atoms in total. The molecule has 0 aromatic heterocycles. The van der Waals surface area contributed by atoms with Gasteiger partial charge in [-0.2, -0.15) is 0 Å². The Morgan fingerprint density at radius 1 is 1.27 bits per heavy atom. The van der Waals surface area contributed by atoms with Crippen LogP contribution in [0.3, 0.4) is 0 Å². The summed E-state index contributed by atoms with van der Waals surface area (Å²) in [5, 5.41) is 5.59. The van der Waals surface area contributed by atoms with Crippen LogP contribution in [0.25, 0.3) is 0 Å². The van der Waals surface area contributed by atoms with Crippen LogP contribution in [-0.2, 0) is 19.1 Å². The van der Waals surface area contributed by atoms with E-state index >= 15 is 0 Å². The fourth-order valence-electron chi connectivity index (χ4n) is 3.31. The minimum atomic E-state index is -1.19. The Labute approximate surface area is 155 Å². The van der Waals surface area contributed by atoms with E-state index < -0.39 is 23.2 Å². The maximum atomic E-state index is 12.6. The maximum absolute atomic E-state index is 12.6. The molecule has 26 heavy (non-hydrogen) atoms. The van der Waals surface area contributed by atoms with E-state index in [1.807, 2.05) is 12.2 Å². The molecule has 3 atom stereocenters. The van der Waals surface area contributed by atoms with Crippen LogP contribution in [0.1, 0.15) is 60.3 Å². The van der Waals surface area contributed by atoms with Gasteiger partial charge in [-0.25, -0.2) is 9.59 Å². The first kappa shape index (κ1) is 22.0. The molecule has 7 heteroatoms. The number of alkyl carbamates (subject to hydrolysis) is 1. The summed E-state index contributed by atoms with van der Waals surface area (Å²) < 4.78 is 10.3. The van der Waals surface area contributed by atoms with Crippen LogP contribution in [-0.4, -0.2) is 42.3 Å². The molecule has 0 saturated heterocycles. The van der Waals surface area contributed by atoms with Crippen LogP contribution in [0, 0.1) is 5.92 Å². The topological polar surface area (TPSA) is 93.7 Å². The van der Waals surface area contributed by atoms with Crippen LogP contribution in [0.5, 0.6) is 0 Å². The molecule has 0 aliphatic heterocycles. The molecule has 1 rings (SSSR count). The minimum Gasteiger partial charge on any atom is -0.467 e. The summed E-state index contributed by atoms with van der Waals surface area (Å²) in [4.78, 5) is 36.4. The van der Waals surface area contributed by atoms with Gasteiger partial charge in [-0.1, -0.05) is 25.5 Å². The molecule has 2 unspecified atom stereocenters. The molecular weight excluding hydrogens is 336 g/mol. The van der Waals surface area contributed by atoms with Gasteiger partial charge < -0.3 is 20.1 Å². The molecule has 1 fully saturated rings. The first-order chi connectivity index (χ1) is 12.0. The van der Waals surface area contributed by atoms with E-state index in [1.54, 1.807) is 20.8 Å². The van der Waals surface area contributed by atoms with Crippen molar-refractivity contribution in [3.63, 3.8) is 0 Å². The summed E-state index contributed by atoms with van der Waals surface area (Å²) in [6, 6.07) is -0.313. The zero-order chi connectivity index (χ0) is 20.0. The van der Waals surface area contributed by atoms with Crippen molar-refractivity contribution in [2.24, 2.45) is 5.92 Å². The molecule has 0 aromatic rings. The lowest BCUT2D eigenvalue weighted by molar-refractivity contribution is -0.152. The standard InChI is InChI=1S/C19H32N2O5/c1-7-8-9-10-14-11-15(20-17(24)26-18(3,4)5)12-19(14,16(23)25-6)21-13(2)22/h9-10,14-15H,7-8,11-12H2,1-6H3,(H,20,24)(H,21,22)/t14?,15-,19?/m1/s1. The number of ether oxygens (including phenoxy) is 2. The first-order valence-electron chi connectivity index (χ1n) is 9.07. The van der Waals surface area contributed by atoms with E-state index in [1.165, 1.54) is 14.0 Å². The molecule has 0 radical (unpaired) electrons. The lowest BCUT2D eigenvalue weighted by atomic mass is 9.86. The predicted octanol–water partition coefficient (Wildman–Crippen LogP) is 2.69. The van der Waals surface area contributed by atoms with Crippen molar-refractivity contribution in [1.29, 1.82) is 0 Å². The van der Waals surface area contributed by atoms with E-state index in [0.29, 0.717) is 6.42 Å². The Morgan fingerprint density at radius 3 is 2.42 bits per heavy atom. The number of hydrogen-bond donors (Lipinski definition) is 2. The Kier molecular flexibility index (Phi) is 7.66. The Morgan fingerprint density at radius 2 is 1.92 bits per heavy atom. The molecule has 1 aliphatic carbocycles. The molecule has 0 heterocycles. The van der Waals surface area contributed by atoms with Crippen LogP contribution >= 0.6 is 0 Å². The second-order valence-electron chi connectivity index (χ2n) is 7.75. The van der Waals surface area contributed by atoms with Crippen molar-refractivity contribution in [1.82, 2.24) is 10.6 Å². The van der Waals surface area contributed by atoms with Gasteiger partial charge in [0.2, 0.25) is 5.91 Å². The lowest BCUT2D eigenvalue weighted by Gasteiger charge is -2.31. The third-order valence-electron chi connectivity index (χ3n) is 4.23. The van der Waals surface area contributed by atoms with Gasteiger partial charge in [0.15, 0.2) is 0 Å². The van der Waals surface area contributed by atoms with Crippen LogP contribution in [0.2, 0.25) is 0 Å². The van der Waals surface area contributed by atoms with Gasteiger partial charge in [0.25, 0.3) is 0 Å². The van der Waals surface area contributed by atoms with E-state index in [9.17, 15) is 14.4 Å². The zero-order valence-electron chi connectivity index (χ0n) is 16.7. The van der Waals surface area contributed by atoms with Gasteiger partial charge >= 0.3 is 12.1 Å². The van der Waals surface area contributed by atoms with E-state index in [2.05, 4.69) is 17.6 Å². The number of esters is 1. The summed E-state index contributed by atoms with van der Waals surface area (Å²) in [5.74, 6) is -1.10. The van der Waals surface area contributed by atoms with Gasteiger partial charge in [-0.05, 0) is 33.6 Å². The van der Waals surface area contributed by atoms with Crippen molar-refractivity contribution in [2.45, 2.75) is 77.5 Å². The van der Waals surface area contributed by atoms with E-state index in [0.717, 1.165) is 12.8 Å². The van der Waals surface area contributed by atoms with Crippen molar-refractivity contribution in [3.05, 3.63) is 12.2 Å². The summed E-state index contributed by atoms with van der Waals surface area (Å²) in [5.41, 5.74) is -1.80. The monoisotopic (exact) mass is 368 g/mol. The highest BCUT2D eigenvalue weighted by atomic mass is 16.6. The number of amides is 2. The largest absolute Gasteiger partial charge is 0.467 e. The van der Waals surface area contributed by atoms with Crippen molar-refractivity contribution < 1.29 is 23.9 Å². The molecule has 2 amide bonds. The van der Waals surface area contributed by atoms with Crippen molar-refractivity contribution in [2.75, 3.05) is 7.11 Å². The number of unbranched alkanes of at least 4 members (excludes halogenated alkanes) is 1. The van der Waals surface area contributed by atoms with Crippen LogP contribution in [0.15, 0.2) is 12.2 Å². The number of nitrogens with one attached hydrogen (secondary N) is 2. The SMILES string of the molecule is CCCC=CC1C[C@@H](NC(=O)OC(C)(C)C)CC1(NC(C)=O)C(=O)OC. The molecule has 1 saturated carbocycles. The predicted molar refractivity (Wildman–Crippen MR) is 98.5 cm³/mol. The van der Waals surface area contributed by atoms with Gasteiger partial charge in [0, 0.05) is 25.3 Å². The maximum Gasteiger partial charge on any atom is 0.407 e. The number of carbonyl (C=O) groups excluding carboxylic acids is 3. The van der Waals surface area contributed by atoms with Crippen LogP contribution < -0.4 is 10.6 Å². The third kappa shape index (κ3) is 6.04. The van der Waals surface area contributed by atoms with Gasteiger partial charge in [0.1, 0.15) is 11.1 Å². The van der Waals surface area contributed by atoms with E-state index in [4.69, 9.17) is 9.47 Å². The highest BCUT2D eigenvalue weighted by Crippen LogP contribution is 2.38. The third-order valence-corrected chi connectivity index (χ3v) is 4.23. The highest BCUT2D eigenvalue weighted by Gasteiger charge is 2.53. The first-order valence-corrected chi connectivity index (χ1v) is 9.07. The summed E-state index contributed by atoms with van der Waals surface area (Å²) in [6.07, 6.45) is 6.01. The van der Waals surface area contributed by atoms with Crippen molar-refractivity contribution >= 4 is 18.0 Å². The Hall–Kier alpha value is -2.05. The number of hydrogen-bond acceptors (Lipinski definition) is 5. The summed E-state index contributed by atoms with van der Waals surface area (Å²) >= 11 is 0. The molecular formula is C19H32N2O5. The quantitative estimate of drug-likeness (QED) is 0.555. The van der Waals surface area contributed by atoms with Gasteiger partial charge in [-0.3, -0.25) is 4.79 Å². The Balaban J connectivity index is 3.04. The summed E-state index contributed by atoms with van der Waals surface area (Å²) in [6.45, 7) is 8.79. The molecule has 0 bridgehead atoms. The second kappa shape index (κ2) is 9.05. The molecule has 1 aliphatic rings. The zero-order valence-corrected chi connectivity index (χ0v) is 16.7. The van der Waals surface area contributed by atoms with Gasteiger partial charge in [-0.15, -0.1) is 0 Å². The number of carbonyl (C=O) groups is 3. The fraction of sp³-hybridized carbons (Fsp3) is 0.737. The summed E-state index contributed by atoms with van der Waals surface area (Å²) in [7, 11) is 1.30. The molecule has 0 spiro atoms. The molecule has 2 N–H and O–H groups in total. The smallest absolute Gasteiger partial charge is 0.407 e. The average molecular weight is 368 g/mol. The highest BCUT2D eigenvalue weighted by molar-refractivity contribution is 5.88. The number of methoxy groups -OCH3 is 1. The van der Waals surface area contributed by atoms with E-state index in [-0.39, 0.29) is 24.3 Å². The van der Waals surface area contributed by atoms with Crippen LogP contribution in [0.4, 0.5) is 4.79 Å². The minimum absolute atomic E-state index is 0.250. The lowest BCUT2D eigenvalue weighted by Crippen LogP contribution is -2.57. The van der Waals surface area contributed by atoms with Gasteiger partial charge in [0.05, 0.1) is 7.11 Å². The fourth-order valence-corrected chi connectivity index (χ4v) is 3.31. The molecule has 0 aromatic carbocycles. The Bertz CT molecular complexity index is 553. The number of rotatable bonds is 6. The number of allylic oxidation sites excluding steroid dienone is 1. The average Bonchev–Trinajstić information content (AvgIpc) is 2.82. The van der Waals surface area contributed by atoms with Crippen molar-refractivity contribution in [3.8, 4) is 0 Å².